The molecule has 0 saturated carbocycles. The quantitative estimate of drug-likeness (QED) is 0.898. The van der Waals surface area contributed by atoms with Crippen LogP contribution in [0.2, 0.25) is 0 Å². The zero-order chi connectivity index (χ0) is 13.3. The van der Waals surface area contributed by atoms with E-state index >= 15 is 0 Å². The fraction of sp³-hybridized carbons (Fsp3) is 0.333. The third kappa shape index (κ3) is 2.33. The summed E-state index contributed by atoms with van der Waals surface area (Å²) in [6.45, 7) is 1.55. The summed E-state index contributed by atoms with van der Waals surface area (Å²) in [6, 6.07) is 6.25. The standard InChI is InChI=1S/C12H13FN2O2S/c1-7-11(17)15(6-10(14)16)12(18-7)8-4-2-3-5-9(8)13/h2-5,7,12H,6H2,1H3,(H2,14,16)/t7-,12+/m0/s1. The molecule has 0 aliphatic carbocycles. The molecule has 0 aromatic heterocycles. The molecule has 1 fully saturated rings. The van der Waals surface area contributed by atoms with Gasteiger partial charge in [-0.1, -0.05) is 18.2 Å². The molecule has 2 rings (SSSR count). The van der Waals surface area contributed by atoms with Crippen LogP contribution in [0, 0.1) is 5.82 Å². The maximum atomic E-state index is 13.7. The summed E-state index contributed by atoms with van der Waals surface area (Å²) < 4.78 is 13.7. The topological polar surface area (TPSA) is 63.4 Å². The summed E-state index contributed by atoms with van der Waals surface area (Å²) in [5.74, 6) is -1.17. The Bertz CT molecular complexity index is 495. The highest BCUT2D eigenvalue weighted by Crippen LogP contribution is 2.43. The summed E-state index contributed by atoms with van der Waals surface area (Å²) in [5, 5.41) is -0.782. The number of nitrogens with two attached hydrogens (primary N) is 1. The number of thioether (sulfide) groups is 1. The van der Waals surface area contributed by atoms with Crippen molar-refractivity contribution in [3.8, 4) is 0 Å². The van der Waals surface area contributed by atoms with Crippen molar-refractivity contribution in [2.75, 3.05) is 6.54 Å². The molecule has 0 bridgehead atoms. The number of carbonyl (C=O) groups is 2. The molecule has 1 saturated heterocycles. The first-order valence-electron chi connectivity index (χ1n) is 5.49. The minimum absolute atomic E-state index is 0.185. The van der Waals surface area contributed by atoms with Crippen molar-refractivity contribution in [2.45, 2.75) is 17.5 Å². The molecule has 1 aliphatic heterocycles. The lowest BCUT2D eigenvalue weighted by atomic mass is 10.2. The van der Waals surface area contributed by atoms with Crippen LogP contribution >= 0.6 is 11.8 Å². The molecule has 0 spiro atoms. The van der Waals surface area contributed by atoms with Crippen LogP contribution in [0.1, 0.15) is 17.9 Å². The average Bonchev–Trinajstić information content (AvgIpc) is 2.57. The Morgan fingerprint density at radius 2 is 2.17 bits per heavy atom. The van der Waals surface area contributed by atoms with E-state index in [-0.39, 0.29) is 23.5 Å². The molecule has 1 heterocycles. The van der Waals surface area contributed by atoms with Crippen molar-refractivity contribution in [3.63, 3.8) is 0 Å². The molecule has 4 nitrogen and oxygen atoms in total. The van der Waals surface area contributed by atoms with Gasteiger partial charge in [0.05, 0.1) is 5.25 Å². The molecule has 6 heteroatoms. The lowest BCUT2D eigenvalue weighted by Gasteiger charge is -2.22. The molecule has 18 heavy (non-hydrogen) atoms. The van der Waals surface area contributed by atoms with E-state index in [2.05, 4.69) is 0 Å². The Morgan fingerprint density at radius 1 is 1.50 bits per heavy atom. The molecular weight excluding hydrogens is 255 g/mol. The zero-order valence-electron chi connectivity index (χ0n) is 9.80. The second-order valence-corrected chi connectivity index (χ2v) is 5.51. The Morgan fingerprint density at radius 3 is 2.78 bits per heavy atom. The van der Waals surface area contributed by atoms with Crippen LogP contribution in [0.15, 0.2) is 24.3 Å². The maximum Gasteiger partial charge on any atom is 0.237 e. The Balaban J connectivity index is 2.34. The SMILES string of the molecule is C[C@@H]1S[C@H](c2ccccc2F)N(CC(N)=O)C1=O. The lowest BCUT2D eigenvalue weighted by Crippen LogP contribution is -2.37. The Hall–Kier alpha value is -1.56. The van der Waals surface area contributed by atoms with Crippen LogP contribution in [-0.2, 0) is 9.59 Å². The van der Waals surface area contributed by atoms with Crippen molar-refractivity contribution in [3.05, 3.63) is 35.6 Å². The van der Waals surface area contributed by atoms with Crippen LogP contribution < -0.4 is 5.73 Å². The van der Waals surface area contributed by atoms with Gasteiger partial charge in [0.1, 0.15) is 17.7 Å². The average molecular weight is 268 g/mol. The van der Waals surface area contributed by atoms with E-state index in [0.717, 1.165) is 0 Å². The second-order valence-electron chi connectivity index (χ2n) is 4.08. The van der Waals surface area contributed by atoms with Gasteiger partial charge in [0.25, 0.3) is 0 Å². The minimum atomic E-state index is -0.598. The monoisotopic (exact) mass is 268 g/mol. The lowest BCUT2D eigenvalue weighted by molar-refractivity contribution is -0.134. The summed E-state index contributed by atoms with van der Waals surface area (Å²) in [4.78, 5) is 24.2. The van der Waals surface area contributed by atoms with Gasteiger partial charge in [-0.2, -0.15) is 0 Å². The largest absolute Gasteiger partial charge is 0.368 e. The second kappa shape index (κ2) is 4.97. The predicted molar refractivity (Wildman–Crippen MR) is 67.1 cm³/mol. The number of halogens is 1. The molecule has 0 unspecified atom stereocenters. The van der Waals surface area contributed by atoms with Crippen LogP contribution in [0.3, 0.4) is 0 Å². The van der Waals surface area contributed by atoms with Gasteiger partial charge in [-0.25, -0.2) is 4.39 Å². The van der Waals surface area contributed by atoms with Gasteiger partial charge in [-0.15, -0.1) is 11.8 Å². The highest BCUT2D eigenvalue weighted by molar-refractivity contribution is 8.01. The highest BCUT2D eigenvalue weighted by atomic mass is 32.2. The van der Waals surface area contributed by atoms with E-state index in [0.29, 0.717) is 5.56 Å². The molecule has 2 atom stereocenters. The van der Waals surface area contributed by atoms with Crippen molar-refractivity contribution in [1.29, 1.82) is 0 Å². The van der Waals surface area contributed by atoms with Crippen LogP contribution in [0.5, 0.6) is 0 Å². The minimum Gasteiger partial charge on any atom is -0.368 e. The molecule has 96 valence electrons. The summed E-state index contributed by atoms with van der Waals surface area (Å²) in [5.41, 5.74) is 5.53. The van der Waals surface area contributed by atoms with Crippen molar-refractivity contribution in [1.82, 2.24) is 4.90 Å². The van der Waals surface area contributed by atoms with E-state index in [1.165, 1.54) is 22.7 Å². The van der Waals surface area contributed by atoms with E-state index in [1.54, 1.807) is 25.1 Å². The Labute approximate surface area is 108 Å². The third-order valence-electron chi connectivity index (χ3n) is 2.74. The molecule has 2 N–H and O–H groups in total. The normalized spacial score (nSPS) is 23.4. The van der Waals surface area contributed by atoms with Crippen molar-refractivity contribution >= 4 is 23.6 Å². The van der Waals surface area contributed by atoms with Crippen LogP contribution in [0.4, 0.5) is 4.39 Å². The Kier molecular flexibility index (Phi) is 3.56. The predicted octanol–water partition coefficient (Wildman–Crippen LogP) is 1.27. The van der Waals surface area contributed by atoms with Crippen LogP contribution in [0.25, 0.3) is 0 Å². The molecule has 1 aromatic rings. The van der Waals surface area contributed by atoms with Gasteiger partial charge in [0.2, 0.25) is 11.8 Å². The number of amides is 2. The molecular formula is C12H13FN2O2S. The van der Waals surface area contributed by atoms with Crippen molar-refractivity contribution in [2.24, 2.45) is 5.73 Å². The van der Waals surface area contributed by atoms with Gasteiger partial charge in [0, 0.05) is 5.56 Å². The fourth-order valence-electron chi connectivity index (χ4n) is 1.92. The van der Waals surface area contributed by atoms with E-state index in [9.17, 15) is 14.0 Å². The molecule has 0 radical (unpaired) electrons. The summed E-state index contributed by atoms with van der Waals surface area (Å²) >= 11 is 1.32. The number of carbonyl (C=O) groups excluding carboxylic acids is 2. The van der Waals surface area contributed by atoms with E-state index in [1.807, 2.05) is 0 Å². The number of primary amides is 1. The number of rotatable bonds is 3. The first-order chi connectivity index (χ1) is 8.50. The number of hydrogen-bond acceptors (Lipinski definition) is 3. The maximum absolute atomic E-state index is 13.7. The van der Waals surface area contributed by atoms with Gasteiger partial charge in [-0.3, -0.25) is 9.59 Å². The summed E-state index contributed by atoms with van der Waals surface area (Å²) in [7, 11) is 0. The van der Waals surface area contributed by atoms with Gasteiger partial charge < -0.3 is 10.6 Å². The van der Waals surface area contributed by atoms with E-state index < -0.39 is 11.3 Å². The van der Waals surface area contributed by atoms with Gasteiger partial charge in [-0.05, 0) is 13.0 Å². The summed E-state index contributed by atoms with van der Waals surface area (Å²) in [6.07, 6.45) is 0. The molecule has 1 aliphatic rings. The molecule has 1 aromatic carbocycles. The van der Waals surface area contributed by atoms with Gasteiger partial charge in [0.15, 0.2) is 0 Å². The first kappa shape index (κ1) is 12.9. The smallest absolute Gasteiger partial charge is 0.237 e. The third-order valence-corrected chi connectivity index (χ3v) is 4.12. The number of nitrogens with zero attached hydrogens (tertiary/aromatic N) is 1. The zero-order valence-corrected chi connectivity index (χ0v) is 10.6. The number of hydrogen-bond donors (Lipinski definition) is 1. The fourth-order valence-corrected chi connectivity index (χ4v) is 3.22. The first-order valence-corrected chi connectivity index (χ1v) is 6.43. The van der Waals surface area contributed by atoms with Gasteiger partial charge >= 0.3 is 0 Å². The van der Waals surface area contributed by atoms with E-state index in [4.69, 9.17) is 5.73 Å². The van der Waals surface area contributed by atoms with Crippen LogP contribution in [-0.4, -0.2) is 28.5 Å². The highest BCUT2D eigenvalue weighted by Gasteiger charge is 2.40. The number of benzene rings is 1. The van der Waals surface area contributed by atoms with Crippen molar-refractivity contribution < 1.29 is 14.0 Å². The molecule has 2 amide bonds.